The number of hydrogen-bond acceptors (Lipinski definition) is 5. The summed E-state index contributed by atoms with van der Waals surface area (Å²) >= 11 is 0. The molecule has 0 bridgehead atoms. The SMILES string of the molecule is O=C(O)c1cccnc1C(=O)N1CCn2cnnc2C1. The molecule has 3 rings (SSSR count). The van der Waals surface area contributed by atoms with Gasteiger partial charge in [-0.2, -0.15) is 0 Å². The summed E-state index contributed by atoms with van der Waals surface area (Å²) in [5.41, 5.74) is -0.141. The molecule has 0 radical (unpaired) electrons. The van der Waals surface area contributed by atoms with Crippen LogP contribution in [-0.4, -0.2) is 48.2 Å². The maximum absolute atomic E-state index is 12.4. The Balaban J connectivity index is 1.89. The first-order valence-corrected chi connectivity index (χ1v) is 6.01. The lowest BCUT2D eigenvalue weighted by Gasteiger charge is -2.27. The second-order valence-electron chi connectivity index (χ2n) is 4.37. The van der Waals surface area contributed by atoms with Crippen LogP contribution in [0.1, 0.15) is 26.7 Å². The van der Waals surface area contributed by atoms with Crippen LogP contribution in [0.4, 0.5) is 0 Å². The second kappa shape index (κ2) is 4.72. The van der Waals surface area contributed by atoms with Crippen LogP contribution in [0.5, 0.6) is 0 Å². The number of aromatic carboxylic acids is 1. The van der Waals surface area contributed by atoms with E-state index in [-0.39, 0.29) is 11.3 Å². The minimum absolute atomic E-state index is 0.0482. The smallest absolute Gasteiger partial charge is 0.338 e. The molecule has 0 aromatic carbocycles. The normalized spacial score (nSPS) is 13.9. The first-order valence-electron chi connectivity index (χ1n) is 6.01. The molecule has 2 aromatic heterocycles. The third kappa shape index (κ3) is 2.00. The van der Waals surface area contributed by atoms with E-state index >= 15 is 0 Å². The molecule has 0 spiro atoms. The number of aromatic nitrogens is 4. The number of pyridine rings is 1. The molecule has 2 aromatic rings. The Hall–Kier alpha value is -2.77. The summed E-state index contributed by atoms with van der Waals surface area (Å²) in [6, 6.07) is 2.86. The van der Waals surface area contributed by atoms with Crippen molar-refractivity contribution in [2.75, 3.05) is 6.54 Å². The summed E-state index contributed by atoms with van der Waals surface area (Å²) in [6.45, 7) is 1.36. The minimum Gasteiger partial charge on any atom is -0.478 e. The number of carbonyl (C=O) groups is 2. The summed E-state index contributed by atoms with van der Waals surface area (Å²) in [7, 11) is 0. The number of carboxylic acids is 1. The fourth-order valence-corrected chi connectivity index (χ4v) is 2.14. The van der Waals surface area contributed by atoms with Crippen LogP contribution in [0.3, 0.4) is 0 Å². The lowest BCUT2D eigenvalue weighted by atomic mass is 10.1. The predicted molar refractivity (Wildman–Crippen MR) is 66.0 cm³/mol. The molecule has 8 heteroatoms. The van der Waals surface area contributed by atoms with E-state index in [2.05, 4.69) is 15.2 Å². The van der Waals surface area contributed by atoms with Crippen LogP contribution in [0.2, 0.25) is 0 Å². The predicted octanol–water partition coefficient (Wildman–Crippen LogP) is 0.0273. The highest BCUT2D eigenvalue weighted by Gasteiger charge is 2.26. The maximum Gasteiger partial charge on any atom is 0.338 e. The molecule has 0 unspecified atom stereocenters. The van der Waals surface area contributed by atoms with Crippen molar-refractivity contribution in [1.82, 2.24) is 24.6 Å². The van der Waals surface area contributed by atoms with Gasteiger partial charge >= 0.3 is 5.97 Å². The highest BCUT2D eigenvalue weighted by atomic mass is 16.4. The molecule has 0 aliphatic carbocycles. The Labute approximate surface area is 113 Å². The average Bonchev–Trinajstić information content (AvgIpc) is 2.93. The van der Waals surface area contributed by atoms with Gasteiger partial charge in [0.25, 0.3) is 5.91 Å². The van der Waals surface area contributed by atoms with E-state index < -0.39 is 11.9 Å². The first-order chi connectivity index (χ1) is 9.66. The lowest BCUT2D eigenvalue weighted by Crippen LogP contribution is -2.39. The van der Waals surface area contributed by atoms with Crippen molar-refractivity contribution in [3.8, 4) is 0 Å². The fraction of sp³-hybridized carbons (Fsp3) is 0.250. The van der Waals surface area contributed by atoms with Crippen molar-refractivity contribution < 1.29 is 14.7 Å². The molecule has 1 aliphatic rings. The van der Waals surface area contributed by atoms with E-state index in [1.54, 1.807) is 6.33 Å². The van der Waals surface area contributed by atoms with Gasteiger partial charge in [-0.3, -0.25) is 9.78 Å². The van der Waals surface area contributed by atoms with Crippen molar-refractivity contribution in [1.29, 1.82) is 0 Å². The van der Waals surface area contributed by atoms with Crippen LogP contribution < -0.4 is 0 Å². The molecule has 1 amide bonds. The van der Waals surface area contributed by atoms with Gasteiger partial charge in [-0.1, -0.05) is 0 Å². The number of carbonyl (C=O) groups excluding carboxylic acids is 1. The number of rotatable bonds is 2. The van der Waals surface area contributed by atoms with Crippen LogP contribution in [0.15, 0.2) is 24.7 Å². The number of amides is 1. The number of hydrogen-bond donors (Lipinski definition) is 1. The van der Waals surface area contributed by atoms with E-state index in [4.69, 9.17) is 5.11 Å². The Morgan fingerprint density at radius 1 is 1.30 bits per heavy atom. The van der Waals surface area contributed by atoms with Gasteiger partial charge in [0.1, 0.15) is 12.0 Å². The Bertz CT molecular complexity index is 681. The molecule has 1 N–H and O–H groups in total. The Morgan fingerprint density at radius 3 is 2.95 bits per heavy atom. The molecular formula is C12H11N5O3. The highest BCUT2D eigenvalue weighted by Crippen LogP contribution is 2.14. The van der Waals surface area contributed by atoms with Gasteiger partial charge in [-0.25, -0.2) is 4.79 Å². The molecule has 3 heterocycles. The van der Waals surface area contributed by atoms with Crippen molar-refractivity contribution >= 4 is 11.9 Å². The standard InChI is InChI=1S/C12H11N5O3/c18-11(10-8(12(19)20)2-1-3-13-10)16-4-5-17-7-14-15-9(17)6-16/h1-3,7H,4-6H2,(H,19,20). The fourth-order valence-electron chi connectivity index (χ4n) is 2.14. The zero-order valence-electron chi connectivity index (χ0n) is 10.4. The third-order valence-corrected chi connectivity index (χ3v) is 3.17. The van der Waals surface area contributed by atoms with Gasteiger partial charge in [0.2, 0.25) is 0 Å². The van der Waals surface area contributed by atoms with Crippen molar-refractivity contribution in [2.24, 2.45) is 0 Å². The molecular weight excluding hydrogens is 262 g/mol. The van der Waals surface area contributed by atoms with Crippen LogP contribution >= 0.6 is 0 Å². The largest absolute Gasteiger partial charge is 0.478 e. The van der Waals surface area contributed by atoms with Gasteiger partial charge in [0, 0.05) is 19.3 Å². The van der Waals surface area contributed by atoms with Crippen LogP contribution in [0, 0.1) is 0 Å². The first kappa shape index (κ1) is 12.3. The quantitative estimate of drug-likeness (QED) is 0.828. The van der Waals surface area contributed by atoms with Crippen molar-refractivity contribution in [3.05, 3.63) is 41.7 Å². The molecule has 0 saturated carbocycles. The molecule has 0 fully saturated rings. The lowest BCUT2D eigenvalue weighted by molar-refractivity contribution is 0.0655. The van der Waals surface area contributed by atoms with Crippen LogP contribution in [-0.2, 0) is 13.1 Å². The molecule has 20 heavy (non-hydrogen) atoms. The zero-order chi connectivity index (χ0) is 14.1. The van der Waals surface area contributed by atoms with Gasteiger partial charge in [-0.05, 0) is 12.1 Å². The Kier molecular flexibility index (Phi) is 2.90. The van der Waals surface area contributed by atoms with Gasteiger partial charge in [0.05, 0.1) is 12.1 Å². The van der Waals surface area contributed by atoms with Crippen molar-refractivity contribution in [2.45, 2.75) is 13.1 Å². The number of carboxylic acid groups (broad SMARTS) is 1. The van der Waals surface area contributed by atoms with Crippen molar-refractivity contribution in [3.63, 3.8) is 0 Å². The van der Waals surface area contributed by atoms with E-state index in [9.17, 15) is 9.59 Å². The van der Waals surface area contributed by atoms with E-state index in [1.807, 2.05) is 4.57 Å². The monoisotopic (exact) mass is 273 g/mol. The second-order valence-corrected chi connectivity index (χ2v) is 4.37. The zero-order valence-corrected chi connectivity index (χ0v) is 10.4. The minimum atomic E-state index is -1.17. The molecule has 1 aliphatic heterocycles. The number of nitrogens with zero attached hydrogens (tertiary/aromatic N) is 5. The summed E-state index contributed by atoms with van der Waals surface area (Å²) in [5.74, 6) is -0.892. The van der Waals surface area contributed by atoms with Gasteiger partial charge < -0.3 is 14.6 Å². The summed E-state index contributed by atoms with van der Waals surface area (Å²) in [6.07, 6.45) is 3.02. The van der Waals surface area contributed by atoms with Gasteiger partial charge in [0.15, 0.2) is 5.82 Å². The summed E-state index contributed by atoms with van der Waals surface area (Å²) < 4.78 is 1.86. The number of fused-ring (bicyclic) bond motifs is 1. The highest BCUT2D eigenvalue weighted by molar-refractivity contribution is 6.03. The summed E-state index contributed by atoms with van der Waals surface area (Å²) in [4.78, 5) is 29.0. The maximum atomic E-state index is 12.4. The molecule has 0 atom stereocenters. The van der Waals surface area contributed by atoms with E-state index in [0.29, 0.717) is 25.5 Å². The summed E-state index contributed by atoms with van der Waals surface area (Å²) in [5, 5.41) is 16.8. The molecule has 0 saturated heterocycles. The topological polar surface area (TPSA) is 101 Å². The molecule has 8 nitrogen and oxygen atoms in total. The van der Waals surface area contributed by atoms with E-state index in [0.717, 1.165) is 0 Å². The molecule has 102 valence electrons. The third-order valence-electron chi connectivity index (χ3n) is 3.17. The van der Waals surface area contributed by atoms with E-state index in [1.165, 1.54) is 23.2 Å². The van der Waals surface area contributed by atoms with Gasteiger partial charge in [-0.15, -0.1) is 10.2 Å². The van der Waals surface area contributed by atoms with Crippen LogP contribution in [0.25, 0.3) is 0 Å². The average molecular weight is 273 g/mol. The Morgan fingerprint density at radius 2 is 2.15 bits per heavy atom.